The molecule has 17 heavy (non-hydrogen) atoms. The first kappa shape index (κ1) is 16.4. The highest BCUT2D eigenvalue weighted by Crippen LogP contribution is 2.01. The van der Waals surface area contributed by atoms with Gasteiger partial charge in [0.05, 0.1) is 13.2 Å². The van der Waals surface area contributed by atoms with Crippen LogP contribution in [0.2, 0.25) is 0 Å². The Bertz CT molecular complexity index is 257. The first-order chi connectivity index (χ1) is 7.97. The third-order valence-electron chi connectivity index (χ3n) is 2.51. The number of nitrogens with one attached hydrogen (secondary N) is 1. The molecule has 0 aliphatic carbocycles. The predicted octanol–water partition coefficient (Wildman–Crippen LogP) is 0.769. The van der Waals surface area contributed by atoms with Gasteiger partial charge < -0.3 is 15.0 Å². The zero-order chi connectivity index (χ0) is 13.4. The van der Waals surface area contributed by atoms with Crippen molar-refractivity contribution in [2.24, 2.45) is 0 Å². The standard InChI is InChI=1S/C11H21BrN2O3/c1-5-14(6-2)10(15)8(3)13-7-9(12)11(16)17-4/h8-9,13H,5-7H2,1-4H3. The summed E-state index contributed by atoms with van der Waals surface area (Å²) >= 11 is 3.19. The van der Waals surface area contributed by atoms with Crippen LogP contribution in [-0.2, 0) is 14.3 Å². The Labute approximate surface area is 111 Å². The minimum absolute atomic E-state index is 0.0413. The van der Waals surface area contributed by atoms with E-state index < -0.39 is 4.83 Å². The van der Waals surface area contributed by atoms with Gasteiger partial charge in [-0.05, 0) is 20.8 Å². The van der Waals surface area contributed by atoms with Crippen molar-refractivity contribution < 1.29 is 14.3 Å². The van der Waals surface area contributed by atoms with Crippen molar-refractivity contribution >= 4 is 27.8 Å². The number of likely N-dealkylation sites (N-methyl/N-ethyl adjacent to an activating group) is 1. The molecule has 1 amide bonds. The van der Waals surface area contributed by atoms with E-state index in [1.807, 2.05) is 13.8 Å². The van der Waals surface area contributed by atoms with E-state index in [1.165, 1.54) is 7.11 Å². The third kappa shape index (κ3) is 5.50. The van der Waals surface area contributed by atoms with Gasteiger partial charge in [-0.25, -0.2) is 0 Å². The van der Waals surface area contributed by atoms with Gasteiger partial charge in [0.1, 0.15) is 4.83 Å². The molecule has 100 valence electrons. The smallest absolute Gasteiger partial charge is 0.320 e. The number of carbonyl (C=O) groups excluding carboxylic acids is 2. The molecule has 0 aliphatic heterocycles. The van der Waals surface area contributed by atoms with Crippen molar-refractivity contribution in [1.29, 1.82) is 0 Å². The number of rotatable bonds is 7. The van der Waals surface area contributed by atoms with E-state index >= 15 is 0 Å². The number of nitrogens with zero attached hydrogens (tertiary/aromatic N) is 1. The third-order valence-corrected chi connectivity index (χ3v) is 3.20. The van der Waals surface area contributed by atoms with Gasteiger partial charge in [-0.3, -0.25) is 9.59 Å². The van der Waals surface area contributed by atoms with E-state index in [1.54, 1.807) is 11.8 Å². The second kappa shape index (κ2) is 8.47. The molecule has 0 aliphatic rings. The number of methoxy groups -OCH3 is 1. The summed E-state index contributed by atoms with van der Waals surface area (Å²) in [6.45, 7) is 7.41. The first-order valence-corrected chi connectivity index (χ1v) is 6.63. The van der Waals surface area contributed by atoms with Gasteiger partial charge in [0.25, 0.3) is 0 Å². The van der Waals surface area contributed by atoms with Gasteiger partial charge >= 0.3 is 5.97 Å². The maximum atomic E-state index is 11.9. The van der Waals surface area contributed by atoms with Crippen LogP contribution in [0.5, 0.6) is 0 Å². The lowest BCUT2D eigenvalue weighted by Crippen LogP contribution is -2.47. The van der Waals surface area contributed by atoms with E-state index in [9.17, 15) is 9.59 Å². The molecule has 0 rings (SSSR count). The molecule has 0 bridgehead atoms. The van der Waals surface area contributed by atoms with Crippen molar-refractivity contribution in [2.45, 2.75) is 31.6 Å². The summed E-state index contributed by atoms with van der Waals surface area (Å²) in [6.07, 6.45) is 0. The number of ether oxygens (including phenoxy) is 1. The highest BCUT2D eigenvalue weighted by Gasteiger charge is 2.21. The quantitative estimate of drug-likeness (QED) is 0.557. The molecule has 0 aromatic rings. The second-order valence-corrected chi connectivity index (χ2v) is 4.74. The van der Waals surface area contributed by atoms with E-state index in [0.29, 0.717) is 19.6 Å². The highest BCUT2D eigenvalue weighted by atomic mass is 79.9. The summed E-state index contributed by atoms with van der Waals surface area (Å²) in [6, 6.07) is -0.306. The normalized spacial score (nSPS) is 13.9. The topological polar surface area (TPSA) is 58.6 Å². The summed E-state index contributed by atoms with van der Waals surface area (Å²) in [5.41, 5.74) is 0. The van der Waals surface area contributed by atoms with Gasteiger partial charge in [0, 0.05) is 19.6 Å². The predicted molar refractivity (Wildman–Crippen MR) is 70.1 cm³/mol. The Morgan fingerprint density at radius 2 is 1.88 bits per heavy atom. The molecular weight excluding hydrogens is 288 g/mol. The number of hydrogen-bond acceptors (Lipinski definition) is 4. The zero-order valence-corrected chi connectivity index (χ0v) is 12.4. The first-order valence-electron chi connectivity index (χ1n) is 5.71. The number of hydrogen-bond donors (Lipinski definition) is 1. The summed E-state index contributed by atoms with van der Waals surface area (Å²) in [7, 11) is 1.33. The van der Waals surface area contributed by atoms with Gasteiger partial charge in [-0.15, -0.1) is 0 Å². The number of amides is 1. The summed E-state index contributed by atoms with van der Waals surface area (Å²) in [4.78, 5) is 24.3. The zero-order valence-electron chi connectivity index (χ0n) is 10.8. The van der Waals surface area contributed by atoms with Crippen molar-refractivity contribution in [3.05, 3.63) is 0 Å². The Hall–Kier alpha value is -0.620. The average molecular weight is 309 g/mol. The van der Waals surface area contributed by atoms with Crippen LogP contribution in [0.25, 0.3) is 0 Å². The highest BCUT2D eigenvalue weighted by molar-refractivity contribution is 9.10. The monoisotopic (exact) mass is 308 g/mol. The summed E-state index contributed by atoms with van der Waals surface area (Å²) in [5, 5.41) is 3.01. The second-order valence-electron chi connectivity index (χ2n) is 3.63. The fourth-order valence-corrected chi connectivity index (χ4v) is 1.76. The van der Waals surface area contributed by atoms with Crippen LogP contribution in [0.4, 0.5) is 0 Å². The number of esters is 1. The average Bonchev–Trinajstić information content (AvgIpc) is 2.35. The molecule has 2 unspecified atom stereocenters. The van der Waals surface area contributed by atoms with E-state index in [-0.39, 0.29) is 17.9 Å². The molecule has 0 fully saturated rings. The molecule has 0 saturated carbocycles. The number of carbonyl (C=O) groups is 2. The number of alkyl halides is 1. The SMILES string of the molecule is CCN(CC)C(=O)C(C)NCC(Br)C(=O)OC. The van der Waals surface area contributed by atoms with Crippen LogP contribution in [0.15, 0.2) is 0 Å². The lowest BCUT2D eigenvalue weighted by Gasteiger charge is -2.24. The fraction of sp³-hybridized carbons (Fsp3) is 0.818. The van der Waals surface area contributed by atoms with Crippen LogP contribution in [0.3, 0.4) is 0 Å². The molecule has 1 N–H and O–H groups in total. The Morgan fingerprint density at radius 1 is 1.35 bits per heavy atom. The minimum atomic E-state index is -0.431. The fourth-order valence-electron chi connectivity index (χ4n) is 1.39. The molecule has 0 saturated heterocycles. The van der Waals surface area contributed by atoms with Crippen LogP contribution < -0.4 is 5.32 Å². The van der Waals surface area contributed by atoms with Crippen molar-refractivity contribution in [3.63, 3.8) is 0 Å². The molecule has 0 radical (unpaired) electrons. The largest absolute Gasteiger partial charge is 0.468 e. The Balaban J connectivity index is 4.13. The van der Waals surface area contributed by atoms with Gasteiger partial charge in [-0.2, -0.15) is 0 Å². The van der Waals surface area contributed by atoms with E-state index in [2.05, 4.69) is 26.0 Å². The van der Waals surface area contributed by atoms with Crippen molar-refractivity contribution in [1.82, 2.24) is 10.2 Å². The van der Waals surface area contributed by atoms with Crippen LogP contribution in [0.1, 0.15) is 20.8 Å². The molecule has 2 atom stereocenters. The molecule has 5 nitrogen and oxygen atoms in total. The maximum absolute atomic E-state index is 11.9. The summed E-state index contributed by atoms with van der Waals surface area (Å²) < 4.78 is 4.57. The van der Waals surface area contributed by atoms with Gasteiger partial charge in [0.2, 0.25) is 5.91 Å². The molecule has 0 aromatic carbocycles. The van der Waals surface area contributed by atoms with Crippen molar-refractivity contribution in [3.8, 4) is 0 Å². The lowest BCUT2D eigenvalue weighted by atomic mass is 10.2. The molecule has 0 spiro atoms. The van der Waals surface area contributed by atoms with Crippen LogP contribution in [-0.4, -0.2) is 54.4 Å². The number of halogens is 1. The van der Waals surface area contributed by atoms with E-state index in [0.717, 1.165) is 0 Å². The molecular formula is C11H21BrN2O3. The van der Waals surface area contributed by atoms with E-state index in [4.69, 9.17) is 0 Å². The minimum Gasteiger partial charge on any atom is -0.468 e. The molecule has 0 heterocycles. The van der Waals surface area contributed by atoms with Crippen LogP contribution >= 0.6 is 15.9 Å². The van der Waals surface area contributed by atoms with Crippen LogP contribution in [0, 0.1) is 0 Å². The van der Waals surface area contributed by atoms with Gasteiger partial charge in [-0.1, -0.05) is 15.9 Å². The van der Waals surface area contributed by atoms with Gasteiger partial charge in [0.15, 0.2) is 0 Å². The Morgan fingerprint density at radius 3 is 2.29 bits per heavy atom. The Kier molecular flexibility index (Phi) is 8.16. The van der Waals surface area contributed by atoms with Crippen molar-refractivity contribution in [2.75, 3.05) is 26.7 Å². The summed E-state index contributed by atoms with van der Waals surface area (Å²) in [5.74, 6) is -0.306. The lowest BCUT2D eigenvalue weighted by molar-refractivity contribution is -0.140. The maximum Gasteiger partial charge on any atom is 0.320 e. The molecule has 6 heteroatoms. The molecule has 0 aromatic heterocycles.